The van der Waals surface area contributed by atoms with Crippen LogP contribution in [0.3, 0.4) is 0 Å². The van der Waals surface area contributed by atoms with Crippen LogP contribution in [0.15, 0.2) is 28.9 Å². The zero-order chi connectivity index (χ0) is 21.2. The maximum atomic E-state index is 12.8. The minimum absolute atomic E-state index is 0.0941. The smallest absolute Gasteiger partial charge is 0.378 e. The second kappa shape index (κ2) is 7.99. The molecule has 0 bridgehead atoms. The average Bonchev–Trinajstić information content (AvgIpc) is 3.29. The van der Waals surface area contributed by atoms with Gasteiger partial charge in [0.15, 0.2) is 5.69 Å². The fourth-order valence-corrected chi connectivity index (χ4v) is 2.52. The Balaban J connectivity index is 1.74. The zero-order valence-corrected chi connectivity index (χ0v) is 15.7. The highest BCUT2D eigenvalue weighted by atomic mass is 19.4. The molecule has 9 nitrogen and oxygen atoms in total. The Morgan fingerprint density at radius 2 is 2.14 bits per heavy atom. The summed E-state index contributed by atoms with van der Waals surface area (Å²) in [5.41, 5.74) is -0.0823. The normalized spacial score (nSPS) is 12.8. The van der Waals surface area contributed by atoms with Crippen molar-refractivity contribution in [3.05, 3.63) is 47.4 Å². The van der Waals surface area contributed by atoms with Crippen LogP contribution in [0.1, 0.15) is 40.7 Å². The van der Waals surface area contributed by atoms with Crippen molar-refractivity contribution in [2.45, 2.75) is 25.7 Å². The highest BCUT2D eigenvalue weighted by molar-refractivity contribution is 5.92. The van der Waals surface area contributed by atoms with Crippen LogP contribution in [0.2, 0.25) is 0 Å². The molecule has 154 valence electrons. The number of carbonyl (C=O) groups is 1. The van der Waals surface area contributed by atoms with E-state index in [1.54, 1.807) is 32.4 Å². The van der Waals surface area contributed by atoms with E-state index in [9.17, 15) is 18.0 Å². The van der Waals surface area contributed by atoms with Crippen LogP contribution in [0.25, 0.3) is 11.4 Å². The number of aromatic nitrogens is 5. The van der Waals surface area contributed by atoms with E-state index in [2.05, 4.69) is 25.5 Å². The van der Waals surface area contributed by atoms with E-state index in [-0.39, 0.29) is 17.4 Å². The van der Waals surface area contributed by atoms with Crippen LogP contribution >= 0.6 is 0 Å². The van der Waals surface area contributed by atoms with Crippen molar-refractivity contribution >= 4 is 5.91 Å². The second-order valence-electron chi connectivity index (χ2n) is 6.16. The summed E-state index contributed by atoms with van der Waals surface area (Å²) in [6.45, 7) is 1.88. The fourth-order valence-electron chi connectivity index (χ4n) is 2.52. The molecule has 1 N–H and O–H groups in total. The first kappa shape index (κ1) is 20.5. The highest BCUT2D eigenvalue weighted by Gasteiger charge is 2.35. The van der Waals surface area contributed by atoms with Gasteiger partial charge >= 0.3 is 6.18 Å². The molecular formula is C17H17F3N6O3. The number of nitrogens with one attached hydrogen (secondary N) is 1. The molecular weight excluding hydrogens is 393 g/mol. The first-order valence-corrected chi connectivity index (χ1v) is 8.39. The quantitative estimate of drug-likeness (QED) is 0.665. The first-order chi connectivity index (χ1) is 13.7. The standard InChI is InChI=1S/C17H17F3N6O3/c1-9(22-15(27)12-7-13(17(18,19)20)24-26(12)2)16-23-14(25-29-16)10-4-5-21-11(6-10)8-28-3/h4-7,9H,8H2,1-3H3,(H,22,27)/t9-/m0/s1. The molecule has 29 heavy (non-hydrogen) atoms. The van der Waals surface area contributed by atoms with Crippen molar-refractivity contribution in [1.29, 1.82) is 0 Å². The van der Waals surface area contributed by atoms with Crippen molar-refractivity contribution in [2.24, 2.45) is 7.05 Å². The molecule has 0 saturated heterocycles. The van der Waals surface area contributed by atoms with E-state index in [0.29, 0.717) is 23.9 Å². The van der Waals surface area contributed by atoms with Crippen LogP contribution in [0, 0.1) is 0 Å². The van der Waals surface area contributed by atoms with Crippen molar-refractivity contribution in [3.63, 3.8) is 0 Å². The van der Waals surface area contributed by atoms with Gasteiger partial charge in [0, 0.05) is 32.0 Å². The topological polar surface area (TPSA) is 108 Å². The Kier molecular flexibility index (Phi) is 5.64. The lowest BCUT2D eigenvalue weighted by Crippen LogP contribution is -2.28. The molecule has 0 radical (unpaired) electrons. The Hall–Kier alpha value is -3.28. The number of hydrogen-bond acceptors (Lipinski definition) is 7. The van der Waals surface area contributed by atoms with Crippen molar-refractivity contribution < 1.29 is 27.2 Å². The lowest BCUT2D eigenvalue weighted by atomic mass is 10.2. The van der Waals surface area contributed by atoms with Gasteiger partial charge in [0.2, 0.25) is 11.7 Å². The predicted octanol–water partition coefficient (Wildman–Crippen LogP) is 2.52. The maximum Gasteiger partial charge on any atom is 0.435 e. The highest BCUT2D eigenvalue weighted by Crippen LogP contribution is 2.28. The summed E-state index contributed by atoms with van der Waals surface area (Å²) in [4.78, 5) is 20.7. The fraction of sp³-hybridized carbons (Fsp3) is 0.353. The van der Waals surface area contributed by atoms with E-state index in [4.69, 9.17) is 9.26 Å². The van der Waals surface area contributed by atoms with Crippen molar-refractivity contribution in [2.75, 3.05) is 7.11 Å². The largest absolute Gasteiger partial charge is 0.435 e. The summed E-state index contributed by atoms with van der Waals surface area (Å²) >= 11 is 0. The van der Waals surface area contributed by atoms with Crippen LogP contribution in [-0.2, 0) is 24.6 Å². The molecule has 0 spiro atoms. The van der Waals surface area contributed by atoms with Crippen LogP contribution in [0.4, 0.5) is 13.2 Å². The van der Waals surface area contributed by atoms with E-state index < -0.39 is 23.8 Å². The molecule has 0 fully saturated rings. The molecule has 0 aliphatic carbocycles. The van der Waals surface area contributed by atoms with Crippen LogP contribution < -0.4 is 5.32 Å². The maximum absolute atomic E-state index is 12.8. The minimum Gasteiger partial charge on any atom is -0.378 e. The Labute approximate surface area is 162 Å². The number of rotatable bonds is 6. The number of pyridine rings is 1. The summed E-state index contributed by atoms with van der Waals surface area (Å²) in [5, 5.41) is 9.70. The number of amides is 1. The predicted molar refractivity (Wildman–Crippen MR) is 92.3 cm³/mol. The third-order valence-electron chi connectivity index (χ3n) is 3.93. The van der Waals surface area contributed by atoms with E-state index in [1.165, 1.54) is 7.05 Å². The van der Waals surface area contributed by atoms with Gasteiger partial charge in [-0.25, -0.2) is 0 Å². The number of methoxy groups -OCH3 is 1. The van der Waals surface area contributed by atoms with Crippen molar-refractivity contribution in [1.82, 2.24) is 30.2 Å². The molecule has 3 rings (SSSR count). The Bertz CT molecular complexity index is 1010. The third-order valence-corrected chi connectivity index (χ3v) is 3.93. The minimum atomic E-state index is -4.64. The molecule has 3 aromatic rings. The van der Waals surface area contributed by atoms with Gasteiger partial charge in [-0.1, -0.05) is 5.16 Å². The number of carbonyl (C=O) groups excluding carboxylic acids is 1. The molecule has 0 aliphatic heterocycles. The Morgan fingerprint density at radius 3 is 2.79 bits per heavy atom. The molecule has 0 saturated carbocycles. The average molecular weight is 410 g/mol. The molecule has 1 atom stereocenters. The SMILES string of the molecule is COCc1cc(-c2noc([C@H](C)NC(=O)c3cc(C(F)(F)F)nn3C)n2)ccn1. The first-order valence-electron chi connectivity index (χ1n) is 8.39. The van der Waals surface area contributed by atoms with E-state index >= 15 is 0 Å². The van der Waals surface area contributed by atoms with Gasteiger partial charge in [0.1, 0.15) is 11.7 Å². The summed E-state index contributed by atoms with van der Waals surface area (Å²) in [6.07, 6.45) is -3.07. The van der Waals surface area contributed by atoms with Gasteiger partial charge in [0.05, 0.1) is 12.3 Å². The number of nitrogens with zero attached hydrogens (tertiary/aromatic N) is 5. The van der Waals surface area contributed by atoms with Gasteiger partial charge in [-0.3, -0.25) is 14.5 Å². The van der Waals surface area contributed by atoms with Gasteiger partial charge in [-0.15, -0.1) is 0 Å². The lowest BCUT2D eigenvalue weighted by molar-refractivity contribution is -0.141. The molecule has 3 heterocycles. The zero-order valence-electron chi connectivity index (χ0n) is 15.7. The summed E-state index contributed by atoms with van der Waals surface area (Å²) in [6, 6.07) is 3.35. The Morgan fingerprint density at radius 1 is 1.38 bits per heavy atom. The number of ether oxygens (including phenoxy) is 1. The molecule has 3 aromatic heterocycles. The molecule has 0 aromatic carbocycles. The number of hydrogen-bond donors (Lipinski definition) is 1. The number of alkyl halides is 3. The monoisotopic (exact) mass is 410 g/mol. The van der Waals surface area contributed by atoms with Crippen molar-refractivity contribution in [3.8, 4) is 11.4 Å². The summed E-state index contributed by atoms with van der Waals surface area (Å²) in [7, 11) is 2.80. The molecule has 12 heteroatoms. The van der Waals surface area contributed by atoms with Gasteiger partial charge < -0.3 is 14.6 Å². The summed E-state index contributed by atoms with van der Waals surface area (Å²) in [5.74, 6) is -0.383. The molecule has 0 aliphatic rings. The van der Waals surface area contributed by atoms with E-state index in [1.807, 2.05) is 0 Å². The van der Waals surface area contributed by atoms with Gasteiger partial charge in [-0.05, 0) is 19.1 Å². The van der Waals surface area contributed by atoms with Gasteiger partial charge in [0.25, 0.3) is 5.91 Å². The molecule has 0 unspecified atom stereocenters. The number of aryl methyl sites for hydroxylation is 1. The third kappa shape index (κ3) is 4.59. The van der Waals surface area contributed by atoms with Gasteiger partial charge in [-0.2, -0.15) is 23.3 Å². The lowest BCUT2D eigenvalue weighted by Gasteiger charge is -2.09. The molecule has 1 amide bonds. The second-order valence-corrected chi connectivity index (χ2v) is 6.16. The van der Waals surface area contributed by atoms with Crippen LogP contribution in [0.5, 0.6) is 0 Å². The van der Waals surface area contributed by atoms with Crippen LogP contribution in [-0.4, -0.2) is 37.9 Å². The van der Waals surface area contributed by atoms with E-state index in [0.717, 1.165) is 4.68 Å². The number of halogens is 3. The summed E-state index contributed by atoms with van der Waals surface area (Å²) < 4.78 is 49.3.